The quantitative estimate of drug-likeness (QED) is 0.602. The first-order chi connectivity index (χ1) is 10.1. The maximum absolute atomic E-state index is 6.37. The number of halogens is 1. The van der Waals surface area contributed by atoms with Gasteiger partial charge in [0.15, 0.2) is 0 Å². The summed E-state index contributed by atoms with van der Waals surface area (Å²) in [5.41, 5.74) is 2.28. The third kappa shape index (κ3) is 6.39. The van der Waals surface area contributed by atoms with Crippen LogP contribution in [0.1, 0.15) is 70.1 Å². The van der Waals surface area contributed by atoms with E-state index in [1.165, 1.54) is 50.5 Å². The zero-order chi connectivity index (χ0) is 15.7. The molecule has 1 aromatic rings. The molecule has 1 unspecified atom stereocenters. The van der Waals surface area contributed by atoms with Gasteiger partial charge >= 0.3 is 0 Å². The lowest BCUT2D eigenvalue weighted by Gasteiger charge is -2.18. The fraction of sp³-hybridized carbons (Fsp3) is 0.824. The lowest BCUT2D eigenvalue weighted by atomic mass is 10.00. The summed E-state index contributed by atoms with van der Waals surface area (Å²) >= 11 is 6.37. The topological polar surface area (TPSA) is 29.9 Å². The van der Waals surface area contributed by atoms with Crippen molar-refractivity contribution in [3.8, 4) is 0 Å². The van der Waals surface area contributed by atoms with Crippen molar-refractivity contribution in [1.29, 1.82) is 0 Å². The van der Waals surface area contributed by atoms with Gasteiger partial charge in [0.05, 0.1) is 5.69 Å². The Hall–Kier alpha value is -0.540. The summed E-state index contributed by atoms with van der Waals surface area (Å²) in [5.74, 6) is 0. The van der Waals surface area contributed by atoms with E-state index in [1.807, 2.05) is 7.05 Å². The smallest absolute Gasteiger partial charge is 0.130 e. The van der Waals surface area contributed by atoms with Gasteiger partial charge in [0.2, 0.25) is 0 Å². The van der Waals surface area contributed by atoms with Crippen LogP contribution in [-0.4, -0.2) is 22.4 Å². The Morgan fingerprint density at radius 1 is 1.14 bits per heavy atom. The second-order valence-electron chi connectivity index (χ2n) is 6.04. The van der Waals surface area contributed by atoms with Crippen molar-refractivity contribution in [3.63, 3.8) is 0 Å². The van der Waals surface area contributed by atoms with Gasteiger partial charge < -0.3 is 5.32 Å². The highest BCUT2D eigenvalue weighted by molar-refractivity contribution is 6.30. The first kappa shape index (κ1) is 18.5. The first-order valence-electron chi connectivity index (χ1n) is 8.51. The Bertz CT molecular complexity index is 401. The Labute approximate surface area is 135 Å². The molecule has 122 valence electrons. The Morgan fingerprint density at radius 2 is 1.86 bits per heavy atom. The van der Waals surface area contributed by atoms with E-state index < -0.39 is 0 Å². The second kappa shape index (κ2) is 10.2. The van der Waals surface area contributed by atoms with Crippen molar-refractivity contribution in [3.05, 3.63) is 16.4 Å². The molecule has 1 heterocycles. The van der Waals surface area contributed by atoms with Crippen LogP contribution in [0.5, 0.6) is 0 Å². The van der Waals surface area contributed by atoms with Crippen LogP contribution in [0.15, 0.2) is 0 Å². The van der Waals surface area contributed by atoms with Gasteiger partial charge in [-0.2, -0.15) is 5.10 Å². The van der Waals surface area contributed by atoms with Gasteiger partial charge in [-0.3, -0.25) is 4.68 Å². The van der Waals surface area contributed by atoms with E-state index in [9.17, 15) is 0 Å². The van der Waals surface area contributed by atoms with Crippen LogP contribution in [0, 0.1) is 6.92 Å². The fourth-order valence-corrected chi connectivity index (χ4v) is 3.02. The lowest BCUT2D eigenvalue weighted by Crippen LogP contribution is -2.32. The molecule has 4 heteroatoms. The Balaban J connectivity index is 2.52. The highest BCUT2D eigenvalue weighted by atomic mass is 35.5. The minimum atomic E-state index is 0.520. The maximum atomic E-state index is 6.37. The van der Waals surface area contributed by atoms with E-state index in [2.05, 4.69) is 31.2 Å². The zero-order valence-corrected chi connectivity index (χ0v) is 15.0. The molecule has 0 aliphatic heterocycles. The van der Waals surface area contributed by atoms with Crippen LogP contribution in [0.4, 0.5) is 0 Å². The summed E-state index contributed by atoms with van der Waals surface area (Å²) in [6.45, 7) is 7.61. The molecule has 1 aromatic heterocycles. The monoisotopic (exact) mass is 313 g/mol. The standard InChI is InChI=1S/C17H32ClN3/c1-5-7-8-9-10-11-15(19-12-6-2)13-16-14(3)20-21(4)17(16)18/h15,19H,5-13H2,1-4H3. The minimum absolute atomic E-state index is 0.520. The molecule has 0 saturated heterocycles. The Kier molecular flexibility index (Phi) is 9.02. The number of aryl methyl sites for hydroxylation is 2. The van der Waals surface area contributed by atoms with Crippen LogP contribution in [0.3, 0.4) is 0 Å². The van der Waals surface area contributed by atoms with Crippen molar-refractivity contribution < 1.29 is 0 Å². The third-order valence-electron chi connectivity index (χ3n) is 4.06. The largest absolute Gasteiger partial charge is 0.314 e. The van der Waals surface area contributed by atoms with Crippen LogP contribution >= 0.6 is 11.6 Å². The molecule has 0 aliphatic carbocycles. The van der Waals surface area contributed by atoms with E-state index in [-0.39, 0.29) is 0 Å². The van der Waals surface area contributed by atoms with Gasteiger partial charge in [0.1, 0.15) is 5.15 Å². The van der Waals surface area contributed by atoms with Crippen molar-refractivity contribution in [1.82, 2.24) is 15.1 Å². The van der Waals surface area contributed by atoms with E-state index in [0.29, 0.717) is 6.04 Å². The number of nitrogens with zero attached hydrogens (tertiary/aromatic N) is 2. The summed E-state index contributed by atoms with van der Waals surface area (Å²) in [7, 11) is 1.91. The van der Waals surface area contributed by atoms with Crippen LogP contribution < -0.4 is 5.32 Å². The first-order valence-corrected chi connectivity index (χ1v) is 8.89. The highest BCUT2D eigenvalue weighted by Gasteiger charge is 2.16. The van der Waals surface area contributed by atoms with Gasteiger partial charge in [0, 0.05) is 18.7 Å². The summed E-state index contributed by atoms with van der Waals surface area (Å²) in [4.78, 5) is 0. The van der Waals surface area contributed by atoms with Gasteiger partial charge in [-0.1, -0.05) is 57.6 Å². The van der Waals surface area contributed by atoms with Crippen molar-refractivity contribution in [2.45, 2.75) is 78.2 Å². The Morgan fingerprint density at radius 3 is 2.43 bits per heavy atom. The molecule has 1 atom stereocenters. The molecule has 0 aliphatic rings. The number of unbranched alkanes of at least 4 members (excludes halogenated alkanes) is 4. The molecule has 21 heavy (non-hydrogen) atoms. The molecule has 1 N–H and O–H groups in total. The maximum Gasteiger partial charge on any atom is 0.130 e. The minimum Gasteiger partial charge on any atom is -0.314 e. The van der Waals surface area contributed by atoms with Gasteiger partial charge in [-0.25, -0.2) is 0 Å². The summed E-state index contributed by atoms with van der Waals surface area (Å²) in [5, 5.41) is 8.89. The zero-order valence-electron chi connectivity index (χ0n) is 14.2. The van der Waals surface area contributed by atoms with Crippen molar-refractivity contribution >= 4 is 11.6 Å². The molecule has 0 saturated carbocycles. The average molecular weight is 314 g/mol. The van der Waals surface area contributed by atoms with E-state index in [4.69, 9.17) is 11.6 Å². The molecule has 0 bridgehead atoms. The van der Waals surface area contributed by atoms with Gasteiger partial charge in [0.25, 0.3) is 0 Å². The lowest BCUT2D eigenvalue weighted by molar-refractivity contribution is 0.450. The average Bonchev–Trinajstić information content (AvgIpc) is 2.70. The molecule has 0 fully saturated rings. The summed E-state index contributed by atoms with van der Waals surface area (Å²) in [6, 6.07) is 0.520. The fourth-order valence-electron chi connectivity index (χ4n) is 2.77. The van der Waals surface area contributed by atoms with Gasteiger partial charge in [-0.05, 0) is 32.7 Å². The van der Waals surface area contributed by atoms with Gasteiger partial charge in [-0.15, -0.1) is 0 Å². The molecule has 0 radical (unpaired) electrons. The molecular weight excluding hydrogens is 282 g/mol. The molecule has 3 nitrogen and oxygen atoms in total. The molecule has 0 spiro atoms. The number of nitrogens with one attached hydrogen (secondary N) is 1. The summed E-state index contributed by atoms with van der Waals surface area (Å²) in [6.07, 6.45) is 10.1. The van der Waals surface area contributed by atoms with E-state index >= 15 is 0 Å². The normalized spacial score (nSPS) is 12.8. The number of aromatic nitrogens is 2. The predicted molar refractivity (Wildman–Crippen MR) is 92.1 cm³/mol. The van der Waals surface area contributed by atoms with Crippen LogP contribution in [0.2, 0.25) is 5.15 Å². The number of rotatable bonds is 11. The summed E-state index contributed by atoms with van der Waals surface area (Å²) < 4.78 is 1.78. The molecule has 1 rings (SSSR count). The molecule has 0 aromatic carbocycles. The molecule has 0 amide bonds. The van der Waals surface area contributed by atoms with Crippen LogP contribution in [0.25, 0.3) is 0 Å². The van der Waals surface area contributed by atoms with Crippen molar-refractivity contribution in [2.24, 2.45) is 7.05 Å². The highest BCUT2D eigenvalue weighted by Crippen LogP contribution is 2.22. The van der Waals surface area contributed by atoms with E-state index in [0.717, 1.165) is 23.8 Å². The second-order valence-corrected chi connectivity index (χ2v) is 6.39. The SMILES string of the molecule is CCCCCCCC(Cc1c(C)nn(C)c1Cl)NCCC. The third-order valence-corrected chi connectivity index (χ3v) is 4.53. The van der Waals surface area contributed by atoms with Crippen molar-refractivity contribution in [2.75, 3.05) is 6.54 Å². The molecular formula is C17H32ClN3. The number of hydrogen-bond acceptors (Lipinski definition) is 2. The number of hydrogen-bond donors (Lipinski definition) is 1. The van der Waals surface area contributed by atoms with E-state index in [1.54, 1.807) is 4.68 Å². The predicted octanol–water partition coefficient (Wildman–Crippen LogP) is 4.65. The van der Waals surface area contributed by atoms with Crippen LogP contribution in [-0.2, 0) is 13.5 Å².